The molecule has 0 unspecified atom stereocenters. The first kappa shape index (κ1) is 13.1. The highest BCUT2D eigenvalue weighted by Crippen LogP contribution is 2.12. The number of hydrogen-bond acceptors (Lipinski definition) is 4. The highest BCUT2D eigenvalue weighted by atomic mass is 16.5. The predicted octanol–water partition coefficient (Wildman–Crippen LogP) is 0.993. The van der Waals surface area contributed by atoms with Gasteiger partial charge in [0.25, 0.3) is 0 Å². The Balaban J connectivity index is 1.84. The van der Waals surface area contributed by atoms with Gasteiger partial charge in [-0.25, -0.2) is 0 Å². The van der Waals surface area contributed by atoms with Crippen LogP contribution in [0.1, 0.15) is 12.5 Å². The normalized spacial score (nSPS) is 10.2. The van der Waals surface area contributed by atoms with E-state index >= 15 is 0 Å². The number of aromatic nitrogens is 3. The van der Waals surface area contributed by atoms with Crippen LogP contribution in [0, 0.1) is 0 Å². The summed E-state index contributed by atoms with van der Waals surface area (Å²) in [7, 11) is 0. The summed E-state index contributed by atoms with van der Waals surface area (Å²) in [5.41, 5.74) is 1.00. The fourth-order valence-corrected chi connectivity index (χ4v) is 1.64. The topological polar surface area (TPSA) is 69.0 Å². The van der Waals surface area contributed by atoms with Crippen LogP contribution in [0.4, 0.5) is 0 Å². The van der Waals surface area contributed by atoms with Gasteiger partial charge in [-0.15, -0.1) is 10.2 Å². The first-order valence-corrected chi connectivity index (χ1v) is 6.09. The van der Waals surface area contributed by atoms with Crippen molar-refractivity contribution in [2.75, 3.05) is 6.61 Å². The lowest BCUT2D eigenvalue weighted by Gasteiger charge is -2.08. The number of benzene rings is 1. The van der Waals surface area contributed by atoms with Crippen molar-refractivity contribution >= 4 is 5.91 Å². The minimum atomic E-state index is -0.0818. The van der Waals surface area contributed by atoms with E-state index < -0.39 is 0 Å². The van der Waals surface area contributed by atoms with Gasteiger partial charge < -0.3 is 14.6 Å². The zero-order chi connectivity index (χ0) is 13.5. The summed E-state index contributed by atoms with van der Waals surface area (Å²) in [4.78, 5) is 11.7. The van der Waals surface area contributed by atoms with Gasteiger partial charge in [0.1, 0.15) is 24.9 Å². The lowest BCUT2D eigenvalue weighted by atomic mass is 10.2. The van der Waals surface area contributed by atoms with Crippen molar-refractivity contribution in [3.63, 3.8) is 0 Å². The van der Waals surface area contributed by atoms with E-state index in [1.165, 1.54) is 12.7 Å². The molecular formula is C13H16N4O2. The van der Waals surface area contributed by atoms with Crippen molar-refractivity contribution in [3.8, 4) is 5.75 Å². The number of nitrogens with one attached hydrogen (secondary N) is 1. The molecule has 6 nitrogen and oxygen atoms in total. The molecule has 0 spiro atoms. The largest absolute Gasteiger partial charge is 0.494 e. The molecule has 0 aliphatic carbocycles. The summed E-state index contributed by atoms with van der Waals surface area (Å²) in [6, 6.07) is 7.67. The van der Waals surface area contributed by atoms with Gasteiger partial charge in [-0.05, 0) is 24.6 Å². The Morgan fingerprint density at radius 1 is 1.37 bits per heavy atom. The Hall–Kier alpha value is -2.37. The van der Waals surface area contributed by atoms with Crippen LogP contribution in [0.5, 0.6) is 5.75 Å². The van der Waals surface area contributed by atoms with Crippen LogP contribution in [0.3, 0.4) is 0 Å². The first-order chi connectivity index (χ1) is 9.28. The molecule has 1 N–H and O–H groups in total. The fraction of sp³-hybridized carbons (Fsp3) is 0.308. The van der Waals surface area contributed by atoms with E-state index in [2.05, 4.69) is 15.5 Å². The van der Waals surface area contributed by atoms with Gasteiger partial charge in [0, 0.05) is 6.54 Å². The van der Waals surface area contributed by atoms with Crippen molar-refractivity contribution in [1.29, 1.82) is 0 Å². The predicted molar refractivity (Wildman–Crippen MR) is 69.5 cm³/mol. The van der Waals surface area contributed by atoms with Crippen LogP contribution in [0.15, 0.2) is 36.9 Å². The van der Waals surface area contributed by atoms with E-state index in [0.717, 1.165) is 11.3 Å². The first-order valence-electron chi connectivity index (χ1n) is 6.09. The Labute approximate surface area is 111 Å². The van der Waals surface area contributed by atoms with Gasteiger partial charge in [0.05, 0.1) is 6.61 Å². The zero-order valence-corrected chi connectivity index (χ0v) is 10.7. The van der Waals surface area contributed by atoms with Gasteiger partial charge in [-0.3, -0.25) is 4.79 Å². The third-order valence-corrected chi connectivity index (χ3v) is 2.49. The van der Waals surface area contributed by atoms with Gasteiger partial charge in [0.15, 0.2) is 0 Å². The zero-order valence-electron chi connectivity index (χ0n) is 10.7. The maximum Gasteiger partial charge on any atom is 0.240 e. The van der Waals surface area contributed by atoms with Crippen LogP contribution in [-0.4, -0.2) is 27.3 Å². The summed E-state index contributed by atoms with van der Waals surface area (Å²) in [5.74, 6) is 0.731. The Kier molecular flexibility index (Phi) is 4.49. The number of carbonyl (C=O) groups excluding carboxylic acids is 1. The second kappa shape index (κ2) is 6.53. The molecule has 1 aromatic heterocycles. The quantitative estimate of drug-likeness (QED) is 0.841. The van der Waals surface area contributed by atoms with Gasteiger partial charge in [-0.1, -0.05) is 12.1 Å². The molecule has 1 amide bonds. The summed E-state index contributed by atoms with van der Waals surface area (Å²) < 4.78 is 7.02. The molecular weight excluding hydrogens is 244 g/mol. The molecule has 100 valence electrons. The maximum absolute atomic E-state index is 11.7. The SMILES string of the molecule is CCOc1cccc(CNC(=O)Cn2cnnc2)c1. The molecule has 0 bridgehead atoms. The summed E-state index contributed by atoms with van der Waals surface area (Å²) in [5, 5.41) is 10.1. The van der Waals surface area contributed by atoms with E-state index in [1.807, 2.05) is 31.2 Å². The van der Waals surface area contributed by atoms with Crippen molar-refractivity contribution in [1.82, 2.24) is 20.1 Å². The number of amides is 1. The average molecular weight is 260 g/mol. The van der Waals surface area contributed by atoms with Gasteiger partial charge >= 0.3 is 0 Å². The Bertz CT molecular complexity index is 525. The smallest absolute Gasteiger partial charge is 0.240 e. The average Bonchev–Trinajstić information content (AvgIpc) is 2.90. The molecule has 0 aliphatic rings. The van der Waals surface area contributed by atoms with Crippen molar-refractivity contribution in [3.05, 3.63) is 42.5 Å². The highest BCUT2D eigenvalue weighted by molar-refractivity contribution is 5.75. The van der Waals surface area contributed by atoms with Gasteiger partial charge in [-0.2, -0.15) is 0 Å². The Morgan fingerprint density at radius 2 is 2.16 bits per heavy atom. The highest BCUT2D eigenvalue weighted by Gasteiger charge is 2.03. The third-order valence-electron chi connectivity index (χ3n) is 2.49. The van der Waals surface area contributed by atoms with Crippen molar-refractivity contribution < 1.29 is 9.53 Å². The molecule has 0 saturated heterocycles. The molecule has 2 aromatic rings. The minimum Gasteiger partial charge on any atom is -0.494 e. The number of rotatable bonds is 6. The molecule has 0 atom stereocenters. The molecule has 0 aliphatic heterocycles. The van der Waals surface area contributed by atoms with Crippen LogP contribution >= 0.6 is 0 Å². The molecule has 6 heteroatoms. The van der Waals surface area contributed by atoms with Crippen LogP contribution in [0.2, 0.25) is 0 Å². The van der Waals surface area contributed by atoms with Crippen LogP contribution in [-0.2, 0) is 17.9 Å². The van der Waals surface area contributed by atoms with E-state index in [9.17, 15) is 4.79 Å². The third kappa shape index (κ3) is 4.09. The van der Waals surface area contributed by atoms with Crippen LogP contribution in [0.25, 0.3) is 0 Å². The molecule has 1 aromatic carbocycles. The van der Waals surface area contributed by atoms with E-state index in [1.54, 1.807) is 4.57 Å². The molecule has 0 saturated carbocycles. The lowest BCUT2D eigenvalue weighted by Crippen LogP contribution is -2.26. The molecule has 0 fully saturated rings. The molecule has 2 rings (SSSR count). The molecule has 19 heavy (non-hydrogen) atoms. The maximum atomic E-state index is 11.7. The minimum absolute atomic E-state index is 0.0818. The van der Waals surface area contributed by atoms with Crippen molar-refractivity contribution in [2.24, 2.45) is 0 Å². The summed E-state index contributed by atoms with van der Waals surface area (Å²) in [6.45, 7) is 3.26. The fourth-order valence-electron chi connectivity index (χ4n) is 1.64. The summed E-state index contributed by atoms with van der Waals surface area (Å²) in [6.07, 6.45) is 3.02. The number of carbonyl (C=O) groups is 1. The summed E-state index contributed by atoms with van der Waals surface area (Å²) >= 11 is 0. The number of ether oxygens (including phenoxy) is 1. The van der Waals surface area contributed by atoms with Crippen LogP contribution < -0.4 is 10.1 Å². The van der Waals surface area contributed by atoms with Crippen molar-refractivity contribution in [2.45, 2.75) is 20.0 Å². The number of nitrogens with zero attached hydrogens (tertiary/aromatic N) is 3. The lowest BCUT2D eigenvalue weighted by molar-refractivity contribution is -0.121. The standard InChI is InChI=1S/C13H16N4O2/c1-2-19-12-5-3-4-11(6-12)7-14-13(18)8-17-9-15-16-10-17/h3-6,9-10H,2,7-8H2,1H3,(H,14,18). The van der Waals surface area contributed by atoms with Gasteiger partial charge in [0.2, 0.25) is 5.91 Å². The molecule has 1 heterocycles. The second-order valence-corrected chi connectivity index (χ2v) is 3.99. The molecule has 0 radical (unpaired) electrons. The number of hydrogen-bond donors (Lipinski definition) is 1. The van der Waals surface area contributed by atoms with E-state index in [0.29, 0.717) is 13.2 Å². The van der Waals surface area contributed by atoms with E-state index in [-0.39, 0.29) is 12.5 Å². The van der Waals surface area contributed by atoms with E-state index in [4.69, 9.17) is 4.74 Å². The second-order valence-electron chi connectivity index (χ2n) is 3.99. The Morgan fingerprint density at radius 3 is 2.89 bits per heavy atom. The monoisotopic (exact) mass is 260 g/mol.